The average Bonchev–Trinajstić information content (AvgIpc) is 2.84. The van der Waals surface area contributed by atoms with E-state index in [9.17, 15) is 4.79 Å². The first-order valence-electron chi connectivity index (χ1n) is 5.86. The van der Waals surface area contributed by atoms with E-state index < -0.39 is 0 Å². The van der Waals surface area contributed by atoms with Crippen molar-refractivity contribution in [1.29, 1.82) is 0 Å². The van der Waals surface area contributed by atoms with E-state index in [1.165, 1.54) is 17.4 Å². The largest absolute Gasteiger partial charge is 0.327 e. The normalized spacial score (nSPS) is 12.5. The van der Waals surface area contributed by atoms with Gasteiger partial charge < -0.3 is 4.57 Å². The Bertz CT molecular complexity index is 703. The molecule has 0 radical (unpaired) electrons. The van der Waals surface area contributed by atoms with Crippen LogP contribution in [-0.2, 0) is 18.9 Å². The Hall–Kier alpha value is -1.95. The van der Waals surface area contributed by atoms with Crippen molar-refractivity contribution in [3.05, 3.63) is 39.4 Å². The zero-order chi connectivity index (χ0) is 14.0. The molecule has 5 nitrogen and oxygen atoms in total. The maximum Gasteiger partial charge on any atom is 0.272 e. The molecule has 2 aromatic heterocycles. The molecule has 0 aliphatic heterocycles. The van der Waals surface area contributed by atoms with Crippen LogP contribution in [0.4, 0.5) is 0 Å². The summed E-state index contributed by atoms with van der Waals surface area (Å²) in [5.74, 6) is -0.263. The average molecular weight is 276 g/mol. The lowest BCUT2D eigenvalue weighted by molar-refractivity contribution is -0.113. The summed E-state index contributed by atoms with van der Waals surface area (Å²) in [6.45, 7) is 3.90. The van der Waals surface area contributed by atoms with Crippen molar-refractivity contribution >= 4 is 23.3 Å². The number of hydrogen-bond donors (Lipinski definition) is 0. The predicted molar refractivity (Wildman–Crippen MR) is 75.6 cm³/mol. The molecule has 2 aromatic rings. The molecule has 0 saturated heterocycles. The third-order valence-corrected chi connectivity index (χ3v) is 3.77. The van der Waals surface area contributed by atoms with Gasteiger partial charge in [-0.15, -0.1) is 11.3 Å². The summed E-state index contributed by atoms with van der Waals surface area (Å²) in [6.07, 6.45) is 5.13. The van der Waals surface area contributed by atoms with Crippen LogP contribution in [-0.4, -0.2) is 20.3 Å². The Morgan fingerprint density at radius 1 is 1.42 bits per heavy atom. The molecule has 0 spiro atoms. The molecule has 19 heavy (non-hydrogen) atoms. The van der Waals surface area contributed by atoms with Gasteiger partial charge >= 0.3 is 0 Å². The molecule has 1 amide bonds. The summed E-state index contributed by atoms with van der Waals surface area (Å²) >= 11 is 1.44. The Morgan fingerprint density at radius 2 is 2.16 bits per heavy atom. The fourth-order valence-electron chi connectivity index (χ4n) is 1.75. The second kappa shape index (κ2) is 5.36. The van der Waals surface area contributed by atoms with Crippen molar-refractivity contribution in [2.45, 2.75) is 13.8 Å². The predicted octanol–water partition coefficient (Wildman–Crippen LogP) is 1.58. The summed E-state index contributed by atoms with van der Waals surface area (Å²) in [6, 6.07) is 0. The fourth-order valence-corrected chi connectivity index (χ4v) is 2.49. The molecule has 0 bridgehead atoms. The highest BCUT2D eigenvalue weighted by atomic mass is 32.1. The number of nitrogens with zero attached hydrogens (tertiary/aromatic N) is 4. The number of rotatable bonds is 2. The molecule has 100 valence electrons. The van der Waals surface area contributed by atoms with Crippen molar-refractivity contribution < 1.29 is 4.79 Å². The van der Waals surface area contributed by atoms with Crippen molar-refractivity contribution in [3.63, 3.8) is 0 Å². The van der Waals surface area contributed by atoms with Gasteiger partial charge in [0.25, 0.3) is 5.91 Å². The molecule has 2 rings (SSSR count). The van der Waals surface area contributed by atoms with Gasteiger partial charge in [-0.2, -0.15) is 10.1 Å². The third kappa shape index (κ3) is 2.90. The Labute approximate surface area is 115 Å². The van der Waals surface area contributed by atoms with Crippen LogP contribution >= 0.6 is 11.3 Å². The minimum Gasteiger partial charge on any atom is -0.327 e. The SMILES string of the molecule is Cc1nn(C)c(C)c1C=CC(=O)N=c1sccn1C. The fraction of sp³-hybridized carbons (Fsp3) is 0.308. The molecule has 0 aromatic carbocycles. The Kier molecular flexibility index (Phi) is 3.80. The second-order valence-electron chi connectivity index (χ2n) is 4.29. The summed E-state index contributed by atoms with van der Waals surface area (Å²) in [4.78, 5) is 16.5. The zero-order valence-electron chi connectivity index (χ0n) is 11.4. The zero-order valence-corrected chi connectivity index (χ0v) is 12.2. The standard InChI is InChI=1S/C13H16N4OS/c1-9-11(10(2)17(4)15-9)5-6-12(18)14-13-16(3)7-8-19-13/h5-8H,1-4H3. The molecular formula is C13H16N4OS. The third-order valence-electron chi connectivity index (χ3n) is 2.92. The number of carbonyl (C=O) groups excluding carboxylic acids is 1. The van der Waals surface area contributed by atoms with Gasteiger partial charge in [-0.05, 0) is 19.9 Å². The number of aryl methyl sites for hydroxylation is 3. The maximum atomic E-state index is 11.8. The maximum absolute atomic E-state index is 11.8. The molecular weight excluding hydrogens is 260 g/mol. The van der Waals surface area contributed by atoms with Crippen LogP contribution in [0.1, 0.15) is 17.0 Å². The molecule has 0 aliphatic rings. The van der Waals surface area contributed by atoms with Crippen LogP contribution in [0.15, 0.2) is 22.6 Å². The lowest BCUT2D eigenvalue weighted by Gasteiger charge is -1.93. The molecule has 0 saturated carbocycles. The summed E-state index contributed by atoms with van der Waals surface area (Å²) < 4.78 is 3.62. The molecule has 0 aliphatic carbocycles. The molecule has 0 N–H and O–H groups in total. The van der Waals surface area contributed by atoms with Gasteiger partial charge in [-0.3, -0.25) is 9.48 Å². The van der Waals surface area contributed by atoms with E-state index in [0.717, 1.165) is 17.0 Å². The van der Waals surface area contributed by atoms with E-state index in [0.29, 0.717) is 4.80 Å². The highest BCUT2D eigenvalue weighted by Gasteiger charge is 2.06. The number of carbonyl (C=O) groups is 1. The summed E-state index contributed by atoms with van der Waals surface area (Å²) in [5, 5.41) is 6.19. The van der Waals surface area contributed by atoms with Crippen molar-refractivity contribution in [2.24, 2.45) is 19.1 Å². The number of aromatic nitrogens is 3. The molecule has 0 fully saturated rings. The van der Waals surface area contributed by atoms with Crippen LogP contribution in [0.2, 0.25) is 0 Å². The van der Waals surface area contributed by atoms with Gasteiger partial charge in [0.1, 0.15) is 0 Å². The lowest BCUT2D eigenvalue weighted by atomic mass is 10.2. The van der Waals surface area contributed by atoms with Gasteiger partial charge in [-0.1, -0.05) is 0 Å². The number of amides is 1. The van der Waals surface area contributed by atoms with E-state index in [1.807, 2.05) is 44.1 Å². The number of hydrogen-bond acceptors (Lipinski definition) is 3. The van der Waals surface area contributed by atoms with Crippen molar-refractivity contribution in [1.82, 2.24) is 14.3 Å². The van der Waals surface area contributed by atoms with Crippen molar-refractivity contribution in [2.75, 3.05) is 0 Å². The van der Waals surface area contributed by atoms with Gasteiger partial charge in [0.2, 0.25) is 0 Å². The van der Waals surface area contributed by atoms with E-state index in [2.05, 4.69) is 10.1 Å². The van der Waals surface area contributed by atoms with E-state index in [1.54, 1.807) is 10.8 Å². The van der Waals surface area contributed by atoms with Crippen LogP contribution < -0.4 is 4.80 Å². The van der Waals surface area contributed by atoms with Gasteiger partial charge in [0.15, 0.2) is 4.80 Å². The monoisotopic (exact) mass is 276 g/mol. The smallest absolute Gasteiger partial charge is 0.272 e. The minimum atomic E-state index is -0.263. The first-order valence-corrected chi connectivity index (χ1v) is 6.74. The molecule has 0 atom stereocenters. The first kappa shape index (κ1) is 13.5. The van der Waals surface area contributed by atoms with Crippen molar-refractivity contribution in [3.8, 4) is 0 Å². The van der Waals surface area contributed by atoms with E-state index in [4.69, 9.17) is 0 Å². The Morgan fingerprint density at radius 3 is 2.68 bits per heavy atom. The van der Waals surface area contributed by atoms with Gasteiger partial charge in [0, 0.05) is 43.0 Å². The van der Waals surface area contributed by atoms with Gasteiger partial charge in [0.05, 0.1) is 5.69 Å². The van der Waals surface area contributed by atoms with Crippen LogP contribution in [0, 0.1) is 13.8 Å². The quantitative estimate of drug-likeness (QED) is 0.782. The van der Waals surface area contributed by atoms with E-state index >= 15 is 0 Å². The highest BCUT2D eigenvalue weighted by Crippen LogP contribution is 2.13. The summed E-state index contributed by atoms with van der Waals surface area (Å²) in [7, 11) is 3.75. The topological polar surface area (TPSA) is 52.2 Å². The first-order chi connectivity index (χ1) is 8.99. The molecule has 6 heteroatoms. The second-order valence-corrected chi connectivity index (χ2v) is 5.16. The highest BCUT2D eigenvalue weighted by molar-refractivity contribution is 7.07. The van der Waals surface area contributed by atoms with Crippen LogP contribution in [0.5, 0.6) is 0 Å². The van der Waals surface area contributed by atoms with Crippen LogP contribution in [0.25, 0.3) is 6.08 Å². The minimum absolute atomic E-state index is 0.263. The van der Waals surface area contributed by atoms with Gasteiger partial charge in [-0.25, -0.2) is 0 Å². The molecule has 0 unspecified atom stereocenters. The summed E-state index contributed by atoms with van der Waals surface area (Å²) in [5.41, 5.74) is 2.91. The van der Waals surface area contributed by atoms with E-state index in [-0.39, 0.29) is 5.91 Å². The Balaban J connectivity index is 2.24. The number of thiazole rings is 1. The lowest BCUT2D eigenvalue weighted by Crippen LogP contribution is -2.11. The van der Waals surface area contributed by atoms with Crippen LogP contribution in [0.3, 0.4) is 0 Å². The molecule has 2 heterocycles.